The van der Waals surface area contributed by atoms with Gasteiger partial charge in [-0.25, -0.2) is 0 Å². The van der Waals surface area contributed by atoms with Crippen molar-refractivity contribution in [3.8, 4) is 0 Å². The number of anilines is 1. The topological polar surface area (TPSA) is 12.0 Å². The molecule has 1 aromatic rings. The van der Waals surface area contributed by atoms with Gasteiger partial charge in [0.25, 0.3) is 0 Å². The van der Waals surface area contributed by atoms with E-state index in [2.05, 4.69) is 5.32 Å². The lowest BCUT2D eigenvalue weighted by Crippen LogP contribution is -2.21. The van der Waals surface area contributed by atoms with Gasteiger partial charge in [-0.05, 0) is 30.7 Å². The first kappa shape index (κ1) is 11.2. The molecule has 0 unspecified atom stereocenters. The monoisotopic (exact) mass is 223 g/mol. The van der Waals surface area contributed by atoms with Crippen LogP contribution in [0.5, 0.6) is 0 Å². The van der Waals surface area contributed by atoms with E-state index in [1.807, 2.05) is 0 Å². The summed E-state index contributed by atoms with van der Waals surface area (Å²) < 4.78 is 35.5. The molecule has 0 spiro atoms. The summed E-state index contributed by atoms with van der Waals surface area (Å²) in [6, 6.07) is 4.66. The van der Waals surface area contributed by atoms with Gasteiger partial charge in [-0.1, -0.05) is 11.6 Å². The van der Waals surface area contributed by atoms with Gasteiger partial charge in [0.2, 0.25) is 0 Å². The second kappa shape index (κ2) is 4.09. The number of nitrogens with one attached hydrogen (secondary N) is 1. The Balaban J connectivity index is 2.65. The molecule has 1 aromatic carbocycles. The Labute approximate surface area is 84.9 Å². The minimum absolute atomic E-state index is 0.421. The van der Waals surface area contributed by atoms with Crippen LogP contribution in [0.4, 0.5) is 18.9 Å². The molecular weight excluding hydrogens is 215 g/mol. The van der Waals surface area contributed by atoms with Crippen LogP contribution in [-0.4, -0.2) is 12.7 Å². The highest BCUT2D eigenvalue weighted by molar-refractivity contribution is 6.31. The standard InChI is InChI=1S/C9H9ClF3N/c1-6-4-7(2-3-8(6)10)14-5-9(11,12)13/h2-4,14H,5H2,1H3. The summed E-state index contributed by atoms with van der Waals surface area (Å²) in [5, 5.41) is 2.81. The van der Waals surface area contributed by atoms with E-state index >= 15 is 0 Å². The van der Waals surface area contributed by atoms with Gasteiger partial charge in [0.15, 0.2) is 0 Å². The third-order valence-corrected chi connectivity index (χ3v) is 2.07. The van der Waals surface area contributed by atoms with Crippen molar-refractivity contribution in [1.82, 2.24) is 0 Å². The quantitative estimate of drug-likeness (QED) is 0.808. The van der Waals surface area contributed by atoms with E-state index in [4.69, 9.17) is 11.6 Å². The Morgan fingerprint density at radius 2 is 2.00 bits per heavy atom. The van der Waals surface area contributed by atoms with Crippen molar-refractivity contribution in [3.05, 3.63) is 28.8 Å². The molecule has 0 fully saturated rings. The van der Waals surface area contributed by atoms with Crippen molar-refractivity contribution >= 4 is 17.3 Å². The molecule has 0 saturated heterocycles. The lowest BCUT2D eigenvalue weighted by Gasteiger charge is -2.10. The summed E-state index contributed by atoms with van der Waals surface area (Å²) in [5.74, 6) is 0. The Kier molecular flexibility index (Phi) is 3.26. The third-order valence-electron chi connectivity index (χ3n) is 1.65. The fourth-order valence-electron chi connectivity index (χ4n) is 0.957. The summed E-state index contributed by atoms with van der Waals surface area (Å²) in [7, 11) is 0. The predicted molar refractivity (Wildman–Crippen MR) is 50.7 cm³/mol. The van der Waals surface area contributed by atoms with Gasteiger partial charge in [0.1, 0.15) is 6.54 Å². The van der Waals surface area contributed by atoms with Crippen LogP contribution >= 0.6 is 11.6 Å². The molecule has 14 heavy (non-hydrogen) atoms. The SMILES string of the molecule is Cc1cc(NCC(F)(F)F)ccc1Cl. The summed E-state index contributed by atoms with van der Waals surface area (Å²) in [4.78, 5) is 0. The minimum atomic E-state index is -4.20. The summed E-state index contributed by atoms with van der Waals surface area (Å²) >= 11 is 5.72. The largest absolute Gasteiger partial charge is 0.405 e. The fraction of sp³-hybridized carbons (Fsp3) is 0.333. The Bertz CT molecular complexity index is 322. The molecule has 1 nitrogen and oxygen atoms in total. The van der Waals surface area contributed by atoms with Crippen molar-refractivity contribution in [2.75, 3.05) is 11.9 Å². The normalized spacial score (nSPS) is 11.5. The van der Waals surface area contributed by atoms with Gasteiger partial charge in [-0.15, -0.1) is 0 Å². The molecule has 0 atom stereocenters. The number of alkyl halides is 3. The van der Waals surface area contributed by atoms with E-state index in [-0.39, 0.29) is 0 Å². The van der Waals surface area contributed by atoms with Crippen LogP contribution in [0.1, 0.15) is 5.56 Å². The van der Waals surface area contributed by atoms with E-state index in [1.165, 1.54) is 6.07 Å². The van der Waals surface area contributed by atoms with E-state index < -0.39 is 12.7 Å². The van der Waals surface area contributed by atoms with Crippen LogP contribution in [0, 0.1) is 6.92 Å². The summed E-state index contributed by atoms with van der Waals surface area (Å²) in [5.41, 5.74) is 1.17. The van der Waals surface area contributed by atoms with Crippen LogP contribution in [0.3, 0.4) is 0 Å². The van der Waals surface area contributed by atoms with Crippen LogP contribution in [-0.2, 0) is 0 Å². The van der Waals surface area contributed by atoms with Gasteiger partial charge < -0.3 is 5.32 Å². The molecule has 1 N–H and O–H groups in total. The van der Waals surface area contributed by atoms with E-state index in [9.17, 15) is 13.2 Å². The molecule has 0 aliphatic carbocycles. The first-order valence-corrected chi connectivity index (χ1v) is 4.33. The highest BCUT2D eigenvalue weighted by atomic mass is 35.5. The molecule has 0 saturated carbocycles. The summed E-state index contributed by atoms with van der Waals surface area (Å²) in [6.45, 7) is 0.704. The lowest BCUT2D eigenvalue weighted by molar-refractivity contribution is -0.115. The average molecular weight is 224 g/mol. The Morgan fingerprint density at radius 1 is 1.36 bits per heavy atom. The Hall–Kier alpha value is -0.900. The number of rotatable bonds is 2. The van der Waals surface area contributed by atoms with E-state index in [0.717, 1.165) is 5.56 Å². The highest BCUT2D eigenvalue weighted by Crippen LogP contribution is 2.21. The van der Waals surface area contributed by atoms with Gasteiger partial charge in [-0.2, -0.15) is 13.2 Å². The zero-order chi connectivity index (χ0) is 10.8. The molecule has 0 aromatic heterocycles. The number of benzene rings is 1. The van der Waals surface area contributed by atoms with Crippen molar-refractivity contribution in [1.29, 1.82) is 0 Å². The minimum Gasteiger partial charge on any atom is -0.376 e. The average Bonchev–Trinajstić information content (AvgIpc) is 2.06. The van der Waals surface area contributed by atoms with Crippen molar-refractivity contribution in [2.24, 2.45) is 0 Å². The first-order chi connectivity index (χ1) is 6.38. The number of hydrogen-bond acceptors (Lipinski definition) is 1. The molecule has 0 aliphatic heterocycles. The van der Waals surface area contributed by atoms with E-state index in [0.29, 0.717) is 10.7 Å². The molecule has 78 valence electrons. The zero-order valence-electron chi connectivity index (χ0n) is 7.45. The molecule has 1 rings (SSSR count). The number of aryl methyl sites for hydroxylation is 1. The van der Waals surface area contributed by atoms with Crippen molar-refractivity contribution in [3.63, 3.8) is 0 Å². The van der Waals surface area contributed by atoms with Crippen LogP contribution in [0.2, 0.25) is 5.02 Å². The molecular formula is C9H9ClF3N. The van der Waals surface area contributed by atoms with Crippen molar-refractivity contribution in [2.45, 2.75) is 13.1 Å². The number of halogens is 4. The maximum absolute atomic E-state index is 11.8. The molecule has 0 bridgehead atoms. The maximum Gasteiger partial charge on any atom is 0.405 e. The molecule has 0 amide bonds. The van der Waals surface area contributed by atoms with Crippen LogP contribution in [0.25, 0.3) is 0 Å². The predicted octanol–water partition coefficient (Wildman–Crippen LogP) is 3.62. The lowest BCUT2D eigenvalue weighted by atomic mass is 10.2. The van der Waals surface area contributed by atoms with Gasteiger partial charge in [0, 0.05) is 10.7 Å². The van der Waals surface area contributed by atoms with E-state index in [1.54, 1.807) is 19.1 Å². The van der Waals surface area contributed by atoms with Crippen molar-refractivity contribution < 1.29 is 13.2 Å². The molecule has 0 radical (unpaired) electrons. The summed E-state index contributed by atoms with van der Waals surface area (Å²) in [6.07, 6.45) is -4.20. The molecule has 0 heterocycles. The maximum atomic E-state index is 11.8. The number of hydrogen-bond donors (Lipinski definition) is 1. The van der Waals surface area contributed by atoms with Crippen LogP contribution < -0.4 is 5.32 Å². The Morgan fingerprint density at radius 3 is 2.50 bits per heavy atom. The van der Waals surface area contributed by atoms with Gasteiger partial charge >= 0.3 is 6.18 Å². The first-order valence-electron chi connectivity index (χ1n) is 3.95. The van der Waals surface area contributed by atoms with Gasteiger partial charge in [0.05, 0.1) is 0 Å². The second-order valence-corrected chi connectivity index (χ2v) is 3.34. The third kappa shape index (κ3) is 3.46. The zero-order valence-corrected chi connectivity index (χ0v) is 8.21. The molecule has 0 aliphatic rings. The second-order valence-electron chi connectivity index (χ2n) is 2.93. The van der Waals surface area contributed by atoms with Gasteiger partial charge in [-0.3, -0.25) is 0 Å². The molecule has 5 heteroatoms. The smallest absolute Gasteiger partial charge is 0.376 e. The fourth-order valence-corrected chi connectivity index (χ4v) is 1.07. The van der Waals surface area contributed by atoms with Crippen LogP contribution in [0.15, 0.2) is 18.2 Å². The highest BCUT2D eigenvalue weighted by Gasteiger charge is 2.26.